The fraction of sp³-hybridized carbons (Fsp3) is 0.176. The van der Waals surface area contributed by atoms with E-state index in [0.29, 0.717) is 12.1 Å². The maximum absolute atomic E-state index is 11.0. The van der Waals surface area contributed by atoms with E-state index in [1.54, 1.807) is 17.1 Å². The van der Waals surface area contributed by atoms with Gasteiger partial charge in [0.25, 0.3) is 0 Å². The molecular formula is C17H16N4O. The Morgan fingerprint density at radius 2 is 1.73 bits per heavy atom. The molecule has 0 saturated carbocycles. The summed E-state index contributed by atoms with van der Waals surface area (Å²) in [4.78, 5) is 15.0. The number of carbonyl (C=O) groups excluding carboxylic acids is 1. The van der Waals surface area contributed by atoms with Crippen LogP contribution in [0.1, 0.15) is 34.2 Å². The van der Waals surface area contributed by atoms with Crippen molar-refractivity contribution in [3.8, 4) is 5.69 Å². The Labute approximate surface area is 128 Å². The molecule has 0 spiro atoms. The minimum absolute atomic E-state index is 0.406. The van der Waals surface area contributed by atoms with Crippen molar-refractivity contribution in [2.75, 3.05) is 0 Å². The van der Waals surface area contributed by atoms with Gasteiger partial charge in [0, 0.05) is 12.4 Å². The van der Waals surface area contributed by atoms with Crippen LogP contribution in [0.15, 0.2) is 48.8 Å². The number of aldehydes is 1. The first kappa shape index (κ1) is 14.1. The summed E-state index contributed by atoms with van der Waals surface area (Å²) in [5.41, 5.74) is 4.58. The highest BCUT2D eigenvalue weighted by atomic mass is 16.1. The Balaban J connectivity index is 1.85. The number of aromatic nitrogens is 4. The number of pyridine rings is 1. The molecule has 0 aliphatic carbocycles. The Kier molecular flexibility index (Phi) is 4.05. The third kappa shape index (κ3) is 2.79. The van der Waals surface area contributed by atoms with Gasteiger partial charge in [-0.25, -0.2) is 4.68 Å². The molecule has 3 aromatic rings. The van der Waals surface area contributed by atoms with Crippen LogP contribution in [-0.2, 0) is 12.8 Å². The van der Waals surface area contributed by atoms with Crippen LogP contribution in [0, 0.1) is 0 Å². The molecule has 0 amide bonds. The van der Waals surface area contributed by atoms with Gasteiger partial charge < -0.3 is 0 Å². The Hall–Kier alpha value is -2.82. The van der Waals surface area contributed by atoms with Crippen molar-refractivity contribution < 1.29 is 4.79 Å². The maximum atomic E-state index is 11.0. The van der Waals surface area contributed by atoms with E-state index in [1.807, 2.05) is 31.2 Å². The molecule has 0 unspecified atom stereocenters. The summed E-state index contributed by atoms with van der Waals surface area (Å²) in [6.45, 7) is 1.99. The van der Waals surface area contributed by atoms with Gasteiger partial charge in [-0.3, -0.25) is 9.78 Å². The van der Waals surface area contributed by atoms with Gasteiger partial charge in [-0.05, 0) is 48.2 Å². The number of nitrogens with zero attached hydrogens (tertiary/aromatic N) is 4. The third-order valence-corrected chi connectivity index (χ3v) is 3.58. The smallest absolute Gasteiger partial charge is 0.172 e. The molecule has 3 rings (SSSR count). The van der Waals surface area contributed by atoms with E-state index >= 15 is 0 Å². The fourth-order valence-electron chi connectivity index (χ4n) is 2.43. The normalized spacial score (nSPS) is 10.6. The first-order valence-electron chi connectivity index (χ1n) is 7.19. The molecule has 0 N–H and O–H groups in total. The second kappa shape index (κ2) is 6.30. The molecule has 2 heterocycles. The van der Waals surface area contributed by atoms with Gasteiger partial charge in [-0.1, -0.05) is 24.3 Å². The average molecular weight is 292 g/mol. The van der Waals surface area contributed by atoms with Crippen LogP contribution in [0.3, 0.4) is 0 Å². The molecule has 110 valence electrons. The molecule has 2 aromatic heterocycles. The molecular weight excluding hydrogens is 276 g/mol. The van der Waals surface area contributed by atoms with E-state index < -0.39 is 0 Å². The second-order valence-electron chi connectivity index (χ2n) is 5.00. The van der Waals surface area contributed by atoms with Crippen LogP contribution in [0.2, 0.25) is 0 Å². The SMILES string of the molecule is CCc1c(C=O)nnn1-c1ccc(Cc2ccncc2)cc1. The standard InChI is InChI=1S/C17H16N4O/c1-2-17-16(12-22)19-20-21(17)15-5-3-13(4-6-15)11-14-7-9-18-10-8-14/h3-10,12H,2,11H2,1H3. The highest BCUT2D eigenvalue weighted by Gasteiger charge is 2.11. The number of hydrogen-bond donors (Lipinski definition) is 0. The zero-order valence-corrected chi connectivity index (χ0v) is 12.3. The highest BCUT2D eigenvalue weighted by Crippen LogP contribution is 2.15. The van der Waals surface area contributed by atoms with Gasteiger partial charge in [-0.2, -0.15) is 0 Å². The molecule has 5 nitrogen and oxygen atoms in total. The van der Waals surface area contributed by atoms with Crippen molar-refractivity contribution in [2.24, 2.45) is 0 Å². The Morgan fingerprint density at radius 1 is 1.05 bits per heavy atom. The van der Waals surface area contributed by atoms with Crippen molar-refractivity contribution in [1.29, 1.82) is 0 Å². The van der Waals surface area contributed by atoms with Crippen LogP contribution < -0.4 is 0 Å². The van der Waals surface area contributed by atoms with Gasteiger partial charge in [-0.15, -0.1) is 5.10 Å². The lowest BCUT2D eigenvalue weighted by atomic mass is 10.1. The summed E-state index contributed by atoms with van der Waals surface area (Å²) in [6, 6.07) is 12.2. The Bertz CT molecular complexity index is 763. The number of carbonyl (C=O) groups is 1. The van der Waals surface area contributed by atoms with Gasteiger partial charge in [0.05, 0.1) is 11.4 Å². The summed E-state index contributed by atoms with van der Waals surface area (Å²) < 4.78 is 1.72. The van der Waals surface area contributed by atoms with Gasteiger partial charge in [0.1, 0.15) is 5.69 Å². The van der Waals surface area contributed by atoms with Crippen molar-refractivity contribution in [3.05, 3.63) is 71.3 Å². The lowest BCUT2D eigenvalue weighted by Gasteiger charge is -2.07. The van der Waals surface area contributed by atoms with Gasteiger partial charge >= 0.3 is 0 Å². The maximum Gasteiger partial charge on any atom is 0.172 e. The lowest BCUT2D eigenvalue weighted by Crippen LogP contribution is -2.02. The monoisotopic (exact) mass is 292 g/mol. The summed E-state index contributed by atoms with van der Waals surface area (Å²) in [7, 11) is 0. The van der Waals surface area contributed by atoms with Crippen molar-refractivity contribution in [3.63, 3.8) is 0 Å². The largest absolute Gasteiger partial charge is 0.296 e. The molecule has 5 heteroatoms. The fourth-order valence-corrected chi connectivity index (χ4v) is 2.43. The predicted molar refractivity (Wildman–Crippen MR) is 83.2 cm³/mol. The second-order valence-corrected chi connectivity index (χ2v) is 5.00. The average Bonchev–Trinajstić information content (AvgIpc) is 2.99. The van der Waals surface area contributed by atoms with E-state index in [0.717, 1.165) is 24.1 Å². The zero-order valence-electron chi connectivity index (χ0n) is 12.3. The summed E-state index contributed by atoms with van der Waals surface area (Å²) in [5, 5.41) is 7.98. The topological polar surface area (TPSA) is 60.7 Å². The van der Waals surface area contributed by atoms with E-state index in [4.69, 9.17) is 0 Å². The number of hydrogen-bond acceptors (Lipinski definition) is 4. The molecule has 0 bridgehead atoms. The molecule has 0 aliphatic rings. The summed E-state index contributed by atoms with van der Waals surface area (Å²) in [5.74, 6) is 0. The molecule has 0 atom stereocenters. The van der Waals surface area contributed by atoms with E-state index in [2.05, 4.69) is 27.4 Å². The minimum atomic E-state index is 0.406. The molecule has 22 heavy (non-hydrogen) atoms. The van der Waals surface area contributed by atoms with Crippen LogP contribution in [0.5, 0.6) is 0 Å². The first-order chi connectivity index (χ1) is 10.8. The van der Waals surface area contributed by atoms with Crippen LogP contribution in [-0.4, -0.2) is 26.3 Å². The molecule has 1 aromatic carbocycles. The summed E-state index contributed by atoms with van der Waals surface area (Å²) >= 11 is 0. The Morgan fingerprint density at radius 3 is 2.36 bits per heavy atom. The van der Waals surface area contributed by atoms with Crippen LogP contribution in [0.25, 0.3) is 5.69 Å². The highest BCUT2D eigenvalue weighted by molar-refractivity contribution is 5.73. The van der Waals surface area contributed by atoms with Gasteiger partial charge in [0.2, 0.25) is 0 Å². The lowest BCUT2D eigenvalue weighted by molar-refractivity contribution is 0.111. The van der Waals surface area contributed by atoms with Crippen molar-refractivity contribution in [1.82, 2.24) is 20.0 Å². The quantitative estimate of drug-likeness (QED) is 0.678. The first-order valence-corrected chi connectivity index (χ1v) is 7.19. The van der Waals surface area contributed by atoms with E-state index in [-0.39, 0.29) is 0 Å². The number of rotatable bonds is 5. The van der Waals surface area contributed by atoms with Gasteiger partial charge in [0.15, 0.2) is 6.29 Å². The zero-order chi connectivity index (χ0) is 15.4. The van der Waals surface area contributed by atoms with Crippen molar-refractivity contribution in [2.45, 2.75) is 19.8 Å². The predicted octanol–water partition coefficient (Wildman–Crippen LogP) is 2.63. The molecule has 0 fully saturated rings. The number of benzene rings is 1. The molecule has 0 aliphatic heterocycles. The molecule has 0 saturated heterocycles. The molecule has 0 radical (unpaired) electrons. The van der Waals surface area contributed by atoms with Crippen LogP contribution >= 0.6 is 0 Å². The van der Waals surface area contributed by atoms with Crippen LogP contribution in [0.4, 0.5) is 0 Å². The van der Waals surface area contributed by atoms with E-state index in [9.17, 15) is 4.79 Å². The van der Waals surface area contributed by atoms with E-state index in [1.165, 1.54) is 11.1 Å². The summed E-state index contributed by atoms with van der Waals surface area (Å²) in [6.07, 6.45) is 5.92. The van der Waals surface area contributed by atoms with Crippen molar-refractivity contribution >= 4 is 6.29 Å². The third-order valence-electron chi connectivity index (χ3n) is 3.58. The minimum Gasteiger partial charge on any atom is -0.296 e.